The average Bonchev–Trinajstić information content (AvgIpc) is 3.51. The van der Waals surface area contributed by atoms with Crippen LogP contribution in [-0.2, 0) is 5.41 Å². The number of nitrogens with zero attached hydrogens (tertiary/aromatic N) is 1. The normalized spacial score (nSPS) is 13.3. The molecule has 0 saturated carbocycles. The number of halogens is 1. The summed E-state index contributed by atoms with van der Waals surface area (Å²) in [6.45, 7) is 4.66. The third-order valence-corrected chi connectivity index (χ3v) is 10.2. The molecule has 0 radical (unpaired) electrons. The summed E-state index contributed by atoms with van der Waals surface area (Å²) in [6.07, 6.45) is 0. The predicted molar refractivity (Wildman–Crippen MR) is 182 cm³/mol. The molecule has 0 amide bonds. The van der Waals surface area contributed by atoms with Gasteiger partial charge in [0.25, 0.3) is 0 Å². The summed E-state index contributed by atoms with van der Waals surface area (Å²) < 4.78 is 2.57. The highest BCUT2D eigenvalue weighted by Crippen LogP contribution is 2.52. The number of anilines is 3. The van der Waals surface area contributed by atoms with E-state index in [2.05, 4.69) is 140 Å². The fraction of sp³-hybridized carbons (Fsp3) is 0.0769. The topological polar surface area (TPSA) is 3.24 Å². The highest BCUT2D eigenvalue weighted by Gasteiger charge is 2.35. The molecule has 1 aliphatic carbocycles. The molecule has 6 aromatic carbocycles. The summed E-state index contributed by atoms with van der Waals surface area (Å²) in [5, 5.41) is 3.28. The highest BCUT2D eigenvalue weighted by molar-refractivity contribution is 7.27. The van der Waals surface area contributed by atoms with Crippen LogP contribution in [0.25, 0.3) is 42.4 Å². The molecule has 202 valence electrons. The van der Waals surface area contributed by atoms with Crippen molar-refractivity contribution in [1.82, 2.24) is 0 Å². The maximum absolute atomic E-state index is 6.61. The molecule has 0 fully saturated rings. The van der Waals surface area contributed by atoms with E-state index in [4.69, 9.17) is 11.6 Å². The lowest BCUT2D eigenvalue weighted by Crippen LogP contribution is -2.15. The van der Waals surface area contributed by atoms with Gasteiger partial charge in [-0.1, -0.05) is 123 Å². The second-order valence-electron chi connectivity index (χ2n) is 11.5. The van der Waals surface area contributed by atoms with Crippen LogP contribution in [0.2, 0.25) is 5.02 Å². The SMILES string of the molecule is CC1(C)c2ccccc2-c2cc(N(c3cccc(Cl)c3)c3cccc4c3sc3c(-c5ccccc5)cccc34)ccc21. The molecule has 1 aliphatic rings. The van der Waals surface area contributed by atoms with Gasteiger partial charge in [0, 0.05) is 37.3 Å². The average molecular weight is 578 g/mol. The number of thiophene rings is 1. The molecule has 8 rings (SSSR count). The van der Waals surface area contributed by atoms with E-state index in [1.807, 2.05) is 23.5 Å². The zero-order valence-corrected chi connectivity index (χ0v) is 25.0. The van der Waals surface area contributed by atoms with Crippen molar-refractivity contribution in [3.8, 4) is 22.3 Å². The molecule has 3 heteroatoms. The van der Waals surface area contributed by atoms with Crippen LogP contribution < -0.4 is 4.90 Å². The van der Waals surface area contributed by atoms with Gasteiger partial charge in [-0.3, -0.25) is 0 Å². The van der Waals surface area contributed by atoms with Crippen LogP contribution in [0.4, 0.5) is 17.1 Å². The third kappa shape index (κ3) is 3.83. The molecule has 0 spiro atoms. The van der Waals surface area contributed by atoms with Crippen molar-refractivity contribution in [2.24, 2.45) is 0 Å². The zero-order chi connectivity index (χ0) is 28.4. The van der Waals surface area contributed by atoms with E-state index in [0.29, 0.717) is 0 Å². The van der Waals surface area contributed by atoms with Gasteiger partial charge in [-0.15, -0.1) is 11.3 Å². The maximum atomic E-state index is 6.61. The molecule has 0 atom stereocenters. The fourth-order valence-electron chi connectivity index (χ4n) is 6.72. The Morgan fingerprint density at radius 1 is 0.548 bits per heavy atom. The Morgan fingerprint density at radius 2 is 1.21 bits per heavy atom. The molecular weight excluding hydrogens is 550 g/mol. The van der Waals surface area contributed by atoms with Crippen LogP contribution in [0.3, 0.4) is 0 Å². The number of hydrogen-bond acceptors (Lipinski definition) is 2. The first-order chi connectivity index (χ1) is 20.5. The first-order valence-electron chi connectivity index (χ1n) is 14.3. The summed E-state index contributed by atoms with van der Waals surface area (Å²) in [4.78, 5) is 2.37. The lowest BCUT2D eigenvalue weighted by atomic mass is 9.82. The Balaban J connectivity index is 1.39. The Labute approximate surface area is 255 Å². The van der Waals surface area contributed by atoms with Gasteiger partial charge >= 0.3 is 0 Å². The minimum Gasteiger partial charge on any atom is -0.309 e. The zero-order valence-electron chi connectivity index (χ0n) is 23.4. The molecule has 0 bridgehead atoms. The van der Waals surface area contributed by atoms with E-state index >= 15 is 0 Å². The maximum Gasteiger partial charge on any atom is 0.0640 e. The van der Waals surface area contributed by atoms with Gasteiger partial charge < -0.3 is 4.90 Å². The van der Waals surface area contributed by atoms with Crippen LogP contribution in [0, 0.1) is 0 Å². The monoisotopic (exact) mass is 577 g/mol. The van der Waals surface area contributed by atoms with Crippen molar-refractivity contribution in [3.63, 3.8) is 0 Å². The second-order valence-corrected chi connectivity index (χ2v) is 13.0. The van der Waals surface area contributed by atoms with E-state index in [1.54, 1.807) is 0 Å². The molecule has 1 nitrogen and oxygen atoms in total. The lowest BCUT2D eigenvalue weighted by Gasteiger charge is -2.27. The number of hydrogen-bond donors (Lipinski definition) is 0. The van der Waals surface area contributed by atoms with Gasteiger partial charge in [-0.2, -0.15) is 0 Å². The Bertz CT molecular complexity index is 2140. The van der Waals surface area contributed by atoms with E-state index < -0.39 is 0 Å². The van der Waals surface area contributed by atoms with Crippen molar-refractivity contribution in [3.05, 3.63) is 150 Å². The van der Waals surface area contributed by atoms with E-state index in [9.17, 15) is 0 Å². The molecule has 1 heterocycles. The molecular formula is C39H28ClNS. The molecule has 0 unspecified atom stereocenters. The van der Waals surface area contributed by atoms with Crippen LogP contribution in [0.5, 0.6) is 0 Å². The minimum atomic E-state index is -0.0370. The molecule has 7 aromatic rings. The number of benzene rings is 6. The second kappa shape index (κ2) is 9.59. The molecule has 1 aromatic heterocycles. The molecule has 42 heavy (non-hydrogen) atoms. The summed E-state index contributed by atoms with van der Waals surface area (Å²) >= 11 is 8.48. The van der Waals surface area contributed by atoms with Crippen LogP contribution in [-0.4, -0.2) is 0 Å². The van der Waals surface area contributed by atoms with Crippen molar-refractivity contribution >= 4 is 60.2 Å². The third-order valence-electron chi connectivity index (χ3n) is 8.72. The summed E-state index contributed by atoms with van der Waals surface area (Å²) in [6, 6.07) is 48.0. The van der Waals surface area contributed by atoms with Crippen molar-refractivity contribution in [2.45, 2.75) is 19.3 Å². The number of rotatable bonds is 4. The quantitative estimate of drug-likeness (QED) is 0.201. The lowest BCUT2D eigenvalue weighted by molar-refractivity contribution is 0.660. The summed E-state index contributed by atoms with van der Waals surface area (Å²) in [5.74, 6) is 0. The standard InChI is InChI=1S/C39H28ClNS/c1-39(2)34-19-7-6-15-30(34)33-24-28(21-22-35(33)39)41(27-14-8-13-26(40)23-27)36-20-10-18-32-31-17-9-16-29(37(31)42-38(32)36)25-11-4-3-5-12-25/h3-24H,1-2H3. The van der Waals surface area contributed by atoms with Crippen molar-refractivity contribution < 1.29 is 0 Å². The largest absolute Gasteiger partial charge is 0.309 e. The minimum absolute atomic E-state index is 0.0370. The van der Waals surface area contributed by atoms with Gasteiger partial charge in [0.2, 0.25) is 0 Å². The van der Waals surface area contributed by atoms with Gasteiger partial charge in [-0.05, 0) is 69.8 Å². The summed E-state index contributed by atoms with van der Waals surface area (Å²) in [5.41, 5.74) is 11.2. The van der Waals surface area contributed by atoms with E-state index in [-0.39, 0.29) is 5.41 Å². The Kier molecular flexibility index (Phi) is 5.79. The van der Waals surface area contributed by atoms with Crippen molar-refractivity contribution in [2.75, 3.05) is 4.90 Å². The van der Waals surface area contributed by atoms with Crippen LogP contribution in [0.1, 0.15) is 25.0 Å². The Morgan fingerprint density at radius 3 is 2.05 bits per heavy atom. The predicted octanol–water partition coefficient (Wildman–Crippen LogP) is 12.2. The Hall–Kier alpha value is -4.37. The van der Waals surface area contributed by atoms with Crippen molar-refractivity contribution in [1.29, 1.82) is 0 Å². The summed E-state index contributed by atoms with van der Waals surface area (Å²) in [7, 11) is 0. The van der Waals surface area contributed by atoms with E-state index in [0.717, 1.165) is 22.1 Å². The van der Waals surface area contributed by atoms with Crippen LogP contribution in [0.15, 0.2) is 133 Å². The first kappa shape index (κ1) is 25.3. The molecule has 0 aliphatic heterocycles. The fourth-order valence-corrected chi connectivity index (χ4v) is 8.24. The number of fused-ring (bicyclic) bond motifs is 6. The highest BCUT2D eigenvalue weighted by atomic mass is 35.5. The van der Waals surface area contributed by atoms with E-state index in [1.165, 1.54) is 53.6 Å². The first-order valence-corrected chi connectivity index (χ1v) is 15.5. The van der Waals surface area contributed by atoms with Gasteiger partial charge in [-0.25, -0.2) is 0 Å². The van der Waals surface area contributed by atoms with Crippen LogP contribution >= 0.6 is 22.9 Å². The van der Waals surface area contributed by atoms with Gasteiger partial charge in [0.1, 0.15) is 0 Å². The molecule has 0 N–H and O–H groups in total. The van der Waals surface area contributed by atoms with Gasteiger partial charge in [0.05, 0.1) is 10.4 Å². The molecule has 0 saturated heterocycles. The smallest absolute Gasteiger partial charge is 0.0640 e. The van der Waals surface area contributed by atoms with Gasteiger partial charge in [0.15, 0.2) is 0 Å².